The SMILES string of the molecule is Cc1cc(C(Cc2c(F)cccc2Cl)NN)c(C)o1. The maximum Gasteiger partial charge on any atom is 0.127 e. The van der Waals surface area contributed by atoms with Gasteiger partial charge >= 0.3 is 0 Å². The highest BCUT2D eigenvalue weighted by atomic mass is 35.5. The van der Waals surface area contributed by atoms with Crippen molar-refractivity contribution in [3.63, 3.8) is 0 Å². The standard InChI is InChI=1S/C14H16ClFN2O/c1-8-6-10(9(2)19-8)14(18-17)7-11-12(15)4-3-5-13(11)16/h3-6,14,18H,7,17H2,1-2H3. The zero-order valence-corrected chi connectivity index (χ0v) is 11.6. The first kappa shape index (κ1) is 14.1. The summed E-state index contributed by atoms with van der Waals surface area (Å²) in [6, 6.07) is 6.30. The van der Waals surface area contributed by atoms with Crippen LogP contribution in [0.25, 0.3) is 0 Å². The zero-order valence-electron chi connectivity index (χ0n) is 10.8. The topological polar surface area (TPSA) is 51.2 Å². The summed E-state index contributed by atoms with van der Waals surface area (Å²) in [6.45, 7) is 3.72. The van der Waals surface area contributed by atoms with Gasteiger partial charge in [0.05, 0.1) is 6.04 Å². The van der Waals surface area contributed by atoms with Crippen molar-refractivity contribution in [2.45, 2.75) is 26.3 Å². The van der Waals surface area contributed by atoms with Gasteiger partial charge in [-0.05, 0) is 38.5 Å². The minimum absolute atomic E-state index is 0.244. The Bertz CT molecular complexity index is 563. The van der Waals surface area contributed by atoms with Crippen LogP contribution in [0.2, 0.25) is 5.02 Å². The summed E-state index contributed by atoms with van der Waals surface area (Å²) >= 11 is 6.03. The van der Waals surface area contributed by atoms with Crippen LogP contribution in [-0.2, 0) is 6.42 Å². The van der Waals surface area contributed by atoms with Gasteiger partial charge in [-0.3, -0.25) is 11.3 Å². The molecule has 1 unspecified atom stereocenters. The summed E-state index contributed by atoms with van der Waals surface area (Å²) in [4.78, 5) is 0. The summed E-state index contributed by atoms with van der Waals surface area (Å²) in [6.07, 6.45) is 0.363. The molecule has 0 radical (unpaired) electrons. The van der Waals surface area contributed by atoms with E-state index in [1.54, 1.807) is 12.1 Å². The molecule has 0 aliphatic heterocycles. The van der Waals surface area contributed by atoms with E-state index in [1.165, 1.54) is 6.07 Å². The van der Waals surface area contributed by atoms with Crippen molar-refractivity contribution in [2.24, 2.45) is 5.84 Å². The Morgan fingerprint density at radius 2 is 2.16 bits per heavy atom. The van der Waals surface area contributed by atoms with Gasteiger partial charge in [0.2, 0.25) is 0 Å². The summed E-state index contributed by atoms with van der Waals surface area (Å²) < 4.78 is 19.3. The van der Waals surface area contributed by atoms with E-state index in [2.05, 4.69) is 5.43 Å². The lowest BCUT2D eigenvalue weighted by Crippen LogP contribution is -2.30. The predicted octanol–water partition coefficient (Wildman–Crippen LogP) is 3.44. The van der Waals surface area contributed by atoms with Gasteiger partial charge in [-0.1, -0.05) is 17.7 Å². The zero-order chi connectivity index (χ0) is 14.0. The summed E-state index contributed by atoms with van der Waals surface area (Å²) in [5, 5.41) is 0.401. The second-order valence-electron chi connectivity index (χ2n) is 4.49. The van der Waals surface area contributed by atoms with E-state index < -0.39 is 0 Å². The van der Waals surface area contributed by atoms with Gasteiger partial charge in [0.1, 0.15) is 17.3 Å². The average molecular weight is 283 g/mol. The van der Waals surface area contributed by atoms with Crippen molar-refractivity contribution in [3.05, 3.63) is 57.8 Å². The van der Waals surface area contributed by atoms with Gasteiger partial charge in [-0.15, -0.1) is 0 Å². The molecule has 0 saturated carbocycles. The van der Waals surface area contributed by atoms with E-state index in [0.29, 0.717) is 17.0 Å². The molecular weight excluding hydrogens is 267 g/mol. The number of hydrogen-bond acceptors (Lipinski definition) is 3. The molecular formula is C14H16ClFN2O. The van der Waals surface area contributed by atoms with Crippen molar-refractivity contribution in [3.8, 4) is 0 Å². The number of hydrazine groups is 1. The second kappa shape index (κ2) is 5.74. The number of nitrogens with one attached hydrogen (secondary N) is 1. The van der Waals surface area contributed by atoms with Crippen LogP contribution >= 0.6 is 11.6 Å². The molecule has 0 spiro atoms. The quantitative estimate of drug-likeness (QED) is 0.667. The van der Waals surface area contributed by atoms with Gasteiger partial charge < -0.3 is 4.42 Å². The molecule has 0 aliphatic rings. The molecule has 1 heterocycles. The van der Waals surface area contributed by atoms with Gasteiger partial charge in [0.25, 0.3) is 0 Å². The molecule has 0 aliphatic carbocycles. The minimum Gasteiger partial charge on any atom is -0.466 e. The first-order valence-electron chi connectivity index (χ1n) is 5.99. The highest BCUT2D eigenvalue weighted by molar-refractivity contribution is 6.31. The third-order valence-electron chi connectivity index (χ3n) is 3.13. The smallest absolute Gasteiger partial charge is 0.127 e. The lowest BCUT2D eigenvalue weighted by molar-refractivity contribution is 0.481. The highest BCUT2D eigenvalue weighted by Gasteiger charge is 2.19. The van der Waals surface area contributed by atoms with Crippen molar-refractivity contribution in [1.82, 2.24) is 5.43 Å². The molecule has 0 bridgehead atoms. The molecule has 5 heteroatoms. The molecule has 19 heavy (non-hydrogen) atoms. The number of halogens is 2. The van der Waals surface area contributed by atoms with Crippen LogP contribution in [0.3, 0.4) is 0 Å². The Kier molecular flexibility index (Phi) is 4.24. The van der Waals surface area contributed by atoms with E-state index in [4.69, 9.17) is 21.9 Å². The van der Waals surface area contributed by atoms with Crippen molar-refractivity contribution in [2.75, 3.05) is 0 Å². The molecule has 1 atom stereocenters. The first-order valence-corrected chi connectivity index (χ1v) is 6.36. The molecule has 0 saturated heterocycles. The lowest BCUT2D eigenvalue weighted by atomic mass is 9.99. The number of benzene rings is 1. The fourth-order valence-electron chi connectivity index (χ4n) is 2.19. The van der Waals surface area contributed by atoms with Gasteiger partial charge in [0.15, 0.2) is 0 Å². The molecule has 0 amide bonds. The Morgan fingerprint density at radius 3 is 2.68 bits per heavy atom. The summed E-state index contributed by atoms with van der Waals surface area (Å²) in [5.41, 5.74) is 4.06. The van der Waals surface area contributed by atoms with Crippen LogP contribution in [0, 0.1) is 19.7 Å². The van der Waals surface area contributed by atoms with Gasteiger partial charge in [0, 0.05) is 16.1 Å². The third kappa shape index (κ3) is 2.97. The fourth-order valence-corrected chi connectivity index (χ4v) is 2.43. The normalized spacial score (nSPS) is 12.7. The molecule has 1 aromatic heterocycles. The van der Waals surface area contributed by atoms with Crippen LogP contribution in [0.4, 0.5) is 4.39 Å². The Labute approximate surface area is 116 Å². The van der Waals surface area contributed by atoms with Gasteiger partial charge in [-0.25, -0.2) is 4.39 Å². The Morgan fingerprint density at radius 1 is 1.42 bits per heavy atom. The molecule has 3 nitrogen and oxygen atoms in total. The number of rotatable bonds is 4. The van der Waals surface area contributed by atoms with Crippen molar-refractivity contribution < 1.29 is 8.81 Å². The first-order chi connectivity index (χ1) is 9.02. The fraction of sp³-hybridized carbons (Fsp3) is 0.286. The molecule has 2 rings (SSSR count). The molecule has 2 aromatic rings. The van der Waals surface area contributed by atoms with Gasteiger partial charge in [-0.2, -0.15) is 0 Å². The number of hydrogen-bond donors (Lipinski definition) is 2. The van der Waals surface area contributed by atoms with Crippen LogP contribution in [0.1, 0.15) is 28.7 Å². The molecule has 0 fully saturated rings. The maximum atomic E-state index is 13.8. The van der Waals surface area contributed by atoms with E-state index in [-0.39, 0.29) is 11.9 Å². The summed E-state index contributed by atoms with van der Waals surface area (Å²) in [7, 11) is 0. The predicted molar refractivity (Wildman–Crippen MR) is 73.4 cm³/mol. The maximum absolute atomic E-state index is 13.8. The highest BCUT2D eigenvalue weighted by Crippen LogP contribution is 2.28. The van der Waals surface area contributed by atoms with E-state index in [9.17, 15) is 4.39 Å². The molecule has 102 valence electrons. The second-order valence-corrected chi connectivity index (χ2v) is 4.90. The van der Waals surface area contributed by atoms with Crippen LogP contribution < -0.4 is 11.3 Å². The lowest BCUT2D eigenvalue weighted by Gasteiger charge is -2.16. The Hall–Kier alpha value is -1.36. The van der Waals surface area contributed by atoms with Crippen molar-refractivity contribution >= 4 is 11.6 Å². The van der Waals surface area contributed by atoms with Crippen LogP contribution in [0.15, 0.2) is 28.7 Å². The van der Waals surface area contributed by atoms with Crippen LogP contribution in [0.5, 0.6) is 0 Å². The monoisotopic (exact) mass is 282 g/mol. The largest absolute Gasteiger partial charge is 0.466 e. The molecule has 3 N–H and O–H groups in total. The average Bonchev–Trinajstić information content (AvgIpc) is 2.68. The summed E-state index contributed by atoms with van der Waals surface area (Å²) in [5.74, 6) is 6.82. The minimum atomic E-state index is -0.328. The number of furan rings is 1. The molecule has 1 aromatic carbocycles. The van der Waals surface area contributed by atoms with E-state index in [1.807, 2.05) is 19.9 Å². The number of aryl methyl sites for hydroxylation is 2. The number of nitrogens with two attached hydrogens (primary N) is 1. The van der Waals surface area contributed by atoms with Crippen molar-refractivity contribution in [1.29, 1.82) is 0 Å². The van der Waals surface area contributed by atoms with E-state index in [0.717, 1.165) is 17.1 Å². The van der Waals surface area contributed by atoms with E-state index >= 15 is 0 Å². The third-order valence-corrected chi connectivity index (χ3v) is 3.48. The Balaban J connectivity index is 2.32. The van der Waals surface area contributed by atoms with Crippen LogP contribution in [-0.4, -0.2) is 0 Å².